The van der Waals surface area contributed by atoms with Gasteiger partial charge in [-0.2, -0.15) is 0 Å². The number of piperazine rings is 1. The maximum absolute atomic E-state index is 4.48. The lowest BCUT2D eigenvalue weighted by atomic mass is 10.0. The van der Waals surface area contributed by atoms with E-state index in [0.29, 0.717) is 6.04 Å². The number of likely N-dealkylation sites (N-methyl/N-ethyl adjacent to an activating group) is 1. The highest BCUT2D eigenvalue weighted by molar-refractivity contribution is 5.40. The normalized spacial score (nSPS) is 25.3. The van der Waals surface area contributed by atoms with Gasteiger partial charge in [0.05, 0.1) is 0 Å². The fourth-order valence-electron chi connectivity index (χ4n) is 3.02. The largest absolute Gasteiger partial charge is 0.353 e. The fraction of sp³-hybridized carbons (Fsp3) is 0.533. The SMILES string of the molecule is CN1CCN(c2ccccn2)CC1C1=CCCC1. The number of aromatic nitrogens is 1. The van der Waals surface area contributed by atoms with Crippen LogP contribution in [-0.2, 0) is 0 Å². The van der Waals surface area contributed by atoms with Crippen LogP contribution in [0.1, 0.15) is 19.3 Å². The molecule has 0 spiro atoms. The van der Waals surface area contributed by atoms with Crippen LogP contribution < -0.4 is 4.90 Å². The maximum Gasteiger partial charge on any atom is 0.128 e. The van der Waals surface area contributed by atoms with E-state index in [-0.39, 0.29) is 0 Å². The van der Waals surface area contributed by atoms with E-state index >= 15 is 0 Å². The molecule has 0 aromatic carbocycles. The van der Waals surface area contributed by atoms with Gasteiger partial charge in [0.25, 0.3) is 0 Å². The van der Waals surface area contributed by atoms with Gasteiger partial charge in [-0.05, 0) is 38.4 Å². The average Bonchev–Trinajstić information content (AvgIpc) is 2.94. The van der Waals surface area contributed by atoms with Crippen molar-refractivity contribution in [3.05, 3.63) is 36.0 Å². The number of pyridine rings is 1. The Hall–Kier alpha value is -1.35. The van der Waals surface area contributed by atoms with Crippen molar-refractivity contribution in [2.45, 2.75) is 25.3 Å². The molecule has 18 heavy (non-hydrogen) atoms. The number of anilines is 1. The number of hydrogen-bond donors (Lipinski definition) is 0. The molecule has 1 aliphatic heterocycles. The van der Waals surface area contributed by atoms with E-state index in [1.165, 1.54) is 19.3 Å². The second kappa shape index (κ2) is 5.11. The molecule has 0 radical (unpaired) electrons. The van der Waals surface area contributed by atoms with Gasteiger partial charge < -0.3 is 4.90 Å². The standard InChI is InChI=1S/C15H21N3/c1-17-10-11-18(15-8-4-5-9-16-15)12-14(17)13-6-2-3-7-13/h4-6,8-9,14H,2-3,7,10-12H2,1H3. The fourth-order valence-corrected chi connectivity index (χ4v) is 3.02. The summed E-state index contributed by atoms with van der Waals surface area (Å²) in [5.74, 6) is 1.12. The van der Waals surface area contributed by atoms with Crippen molar-refractivity contribution in [1.29, 1.82) is 0 Å². The van der Waals surface area contributed by atoms with Crippen molar-refractivity contribution in [1.82, 2.24) is 9.88 Å². The second-order valence-corrected chi connectivity index (χ2v) is 5.30. The molecular weight excluding hydrogens is 222 g/mol. The zero-order chi connectivity index (χ0) is 12.4. The number of hydrogen-bond acceptors (Lipinski definition) is 3. The maximum atomic E-state index is 4.48. The van der Waals surface area contributed by atoms with E-state index in [4.69, 9.17) is 0 Å². The van der Waals surface area contributed by atoms with Gasteiger partial charge in [0.15, 0.2) is 0 Å². The van der Waals surface area contributed by atoms with Crippen LogP contribution in [0.15, 0.2) is 36.0 Å². The first-order chi connectivity index (χ1) is 8.84. The Morgan fingerprint density at radius 2 is 2.22 bits per heavy atom. The molecule has 2 aliphatic rings. The minimum absolute atomic E-state index is 0.586. The summed E-state index contributed by atoms with van der Waals surface area (Å²) in [5, 5.41) is 0. The number of rotatable bonds is 2. The zero-order valence-corrected chi connectivity index (χ0v) is 11.0. The van der Waals surface area contributed by atoms with Gasteiger partial charge in [0, 0.05) is 31.9 Å². The lowest BCUT2D eigenvalue weighted by Gasteiger charge is -2.40. The first-order valence-corrected chi connectivity index (χ1v) is 6.90. The van der Waals surface area contributed by atoms with E-state index in [9.17, 15) is 0 Å². The first-order valence-electron chi connectivity index (χ1n) is 6.90. The Morgan fingerprint density at radius 1 is 1.28 bits per heavy atom. The molecule has 0 amide bonds. The van der Waals surface area contributed by atoms with Crippen LogP contribution in [0.5, 0.6) is 0 Å². The van der Waals surface area contributed by atoms with E-state index in [0.717, 1.165) is 25.5 Å². The van der Waals surface area contributed by atoms with Crippen LogP contribution >= 0.6 is 0 Å². The molecule has 1 unspecified atom stereocenters. The number of nitrogens with zero attached hydrogens (tertiary/aromatic N) is 3. The van der Waals surface area contributed by atoms with Gasteiger partial charge in [-0.25, -0.2) is 4.98 Å². The quantitative estimate of drug-likeness (QED) is 0.743. The molecule has 2 heterocycles. The van der Waals surface area contributed by atoms with Crippen LogP contribution in [0.4, 0.5) is 5.82 Å². The molecular formula is C15H21N3. The third kappa shape index (κ3) is 2.27. The van der Waals surface area contributed by atoms with E-state index in [1.54, 1.807) is 5.57 Å². The van der Waals surface area contributed by atoms with Gasteiger partial charge in [0.1, 0.15) is 5.82 Å². The van der Waals surface area contributed by atoms with Crippen LogP contribution in [-0.4, -0.2) is 42.6 Å². The van der Waals surface area contributed by atoms with Gasteiger partial charge >= 0.3 is 0 Å². The van der Waals surface area contributed by atoms with Crippen LogP contribution in [0.3, 0.4) is 0 Å². The molecule has 3 nitrogen and oxygen atoms in total. The monoisotopic (exact) mass is 243 g/mol. The Kier molecular flexibility index (Phi) is 3.33. The highest BCUT2D eigenvalue weighted by Gasteiger charge is 2.28. The van der Waals surface area contributed by atoms with Crippen molar-refractivity contribution >= 4 is 5.82 Å². The minimum atomic E-state index is 0.586. The summed E-state index contributed by atoms with van der Waals surface area (Å²) < 4.78 is 0. The first kappa shape index (κ1) is 11.7. The average molecular weight is 243 g/mol. The van der Waals surface area contributed by atoms with Crippen molar-refractivity contribution < 1.29 is 0 Å². The van der Waals surface area contributed by atoms with Gasteiger partial charge in [-0.3, -0.25) is 4.90 Å². The zero-order valence-electron chi connectivity index (χ0n) is 11.0. The van der Waals surface area contributed by atoms with E-state index in [2.05, 4.69) is 40.0 Å². The van der Waals surface area contributed by atoms with Crippen molar-refractivity contribution in [3.8, 4) is 0 Å². The summed E-state index contributed by atoms with van der Waals surface area (Å²) in [5.41, 5.74) is 1.64. The van der Waals surface area contributed by atoms with Crippen molar-refractivity contribution in [3.63, 3.8) is 0 Å². The van der Waals surface area contributed by atoms with Crippen molar-refractivity contribution in [2.75, 3.05) is 31.6 Å². The molecule has 1 aromatic heterocycles. The summed E-state index contributed by atoms with van der Waals surface area (Å²) >= 11 is 0. The number of allylic oxidation sites excluding steroid dienone is 1. The Bertz CT molecular complexity index is 427. The summed E-state index contributed by atoms with van der Waals surface area (Å²) in [4.78, 5) is 9.39. The Morgan fingerprint density at radius 3 is 2.94 bits per heavy atom. The van der Waals surface area contributed by atoms with Crippen LogP contribution in [0.25, 0.3) is 0 Å². The highest BCUT2D eigenvalue weighted by Crippen LogP contribution is 2.27. The lowest BCUT2D eigenvalue weighted by Crippen LogP contribution is -2.52. The van der Waals surface area contributed by atoms with Gasteiger partial charge in [-0.15, -0.1) is 0 Å². The lowest BCUT2D eigenvalue weighted by molar-refractivity contribution is 0.243. The molecule has 96 valence electrons. The van der Waals surface area contributed by atoms with Crippen LogP contribution in [0, 0.1) is 0 Å². The smallest absolute Gasteiger partial charge is 0.128 e. The predicted molar refractivity (Wildman–Crippen MR) is 74.8 cm³/mol. The molecule has 1 aliphatic carbocycles. The summed E-state index contributed by atoms with van der Waals surface area (Å²) in [6, 6.07) is 6.76. The van der Waals surface area contributed by atoms with Crippen molar-refractivity contribution in [2.24, 2.45) is 0 Å². The third-order valence-corrected chi connectivity index (χ3v) is 4.13. The van der Waals surface area contributed by atoms with E-state index in [1.807, 2.05) is 12.3 Å². The third-order valence-electron chi connectivity index (χ3n) is 4.13. The molecule has 0 saturated carbocycles. The Balaban J connectivity index is 1.76. The highest BCUT2D eigenvalue weighted by atomic mass is 15.3. The Labute approximate surface area is 109 Å². The predicted octanol–water partition coefficient (Wildman–Crippen LogP) is 2.31. The molecule has 1 aromatic rings. The summed E-state index contributed by atoms with van der Waals surface area (Å²) in [7, 11) is 2.25. The molecule has 0 bridgehead atoms. The summed E-state index contributed by atoms with van der Waals surface area (Å²) in [6.07, 6.45) is 8.22. The van der Waals surface area contributed by atoms with Gasteiger partial charge in [-0.1, -0.05) is 17.7 Å². The van der Waals surface area contributed by atoms with Gasteiger partial charge in [0.2, 0.25) is 0 Å². The topological polar surface area (TPSA) is 19.4 Å². The molecule has 0 N–H and O–H groups in total. The molecule has 1 fully saturated rings. The van der Waals surface area contributed by atoms with Crippen LogP contribution in [0.2, 0.25) is 0 Å². The molecule has 1 atom stereocenters. The van der Waals surface area contributed by atoms with E-state index < -0.39 is 0 Å². The molecule has 3 rings (SSSR count). The minimum Gasteiger partial charge on any atom is -0.353 e. The summed E-state index contributed by atoms with van der Waals surface area (Å²) in [6.45, 7) is 3.29. The molecule has 3 heteroatoms. The molecule has 1 saturated heterocycles. The second-order valence-electron chi connectivity index (χ2n) is 5.30.